The molecule has 0 bridgehead atoms. The standard InChI is InChI=1S/C14H18FNO3/c1-14(2)9-16(5-6-19-14)8-11-7-10(13(17)18)3-4-12(11)15/h3-4,7H,5-6,8-9H2,1-2H3,(H,17,18). The monoisotopic (exact) mass is 267 g/mol. The fourth-order valence-electron chi connectivity index (χ4n) is 2.32. The van der Waals surface area contributed by atoms with Crippen LogP contribution in [-0.4, -0.2) is 41.3 Å². The first kappa shape index (κ1) is 14.0. The lowest BCUT2D eigenvalue weighted by atomic mass is 10.1. The van der Waals surface area contributed by atoms with E-state index in [0.29, 0.717) is 25.3 Å². The van der Waals surface area contributed by atoms with Crippen molar-refractivity contribution in [1.82, 2.24) is 4.90 Å². The maximum absolute atomic E-state index is 13.7. The van der Waals surface area contributed by atoms with Gasteiger partial charge in [0.15, 0.2) is 0 Å². The van der Waals surface area contributed by atoms with Gasteiger partial charge in [0, 0.05) is 25.2 Å². The molecule has 0 radical (unpaired) electrons. The van der Waals surface area contributed by atoms with Crippen LogP contribution in [0.5, 0.6) is 0 Å². The van der Waals surface area contributed by atoms with Crippen LogP contribution in [0.4, 0.5) is 4.39 Å². The maximum atomic E-state index is 13.7. The Kier molecular flexibility index (Phi) is 3.87. The van der Waals surface area contributed by atoms with E-state index in [-0.39, 0.29) is 17.0 Å². The smallest absolute Gasteiger partial charge is 0.335 e. The number of hydrogen-bond donors (Lipinski definition) is 1. The minimum atomic E-state index is -1.04. The third-order valence-electron chi connectivity index (χ3n) is 3.19. The van der Waals surface area contributed by atoms with Crippen LogP contribution >= 0.6 is 0 Å². The van der Waals surface area contributed by atoms with Crippen molar-refractivity contribution in [1.29, 1.82) is 0 Å². The summed E-state index contributed by atoms with van der Waals surface area (Å²) in [6.45, 7) is 6.41. The van der Waals surface area contributed by atoms with Gasteiger partial charge in [-0.2, -0.15) is 0 Å². The van der Waals surface area contributed by atoms with E-state index in [1.54, 1.807) is 0 Å². The number of carbonyl (C=O) groups is 1. The zero-order valence-electron chi connectivity index (χ0n) is 11.1. The third kappa shape index (κ3) is 3.52. The fraction of sp³-hybridized carbons (Fsp3) is 0.500. The first-order chi connectivity index (χ1) is 8.87. The van der Waals surface area contributed by atoms with Crippen LogP contribution in [0, 0.1) is 5.82 Å². The van der Waals surface area contributed by atoms with Crippen LogP contribution in [0.15, 0.2) is 18.2 Å². The second-order valence-corrected chi connectivity index (χ2v) is 5.43. The van der Waals surface area contributed by atoms with E-state index in [2.05, 4.69) is 4.90 Å². The number of carboxylic acid groups (broad SMARTS) is 1. The van der Waals surface area contributed by atoms with Crippen molar-refractivity contribution in [2.75, 3.05) is 19.7 Å². The van der Waals surface area contributed by atoms with Gasteiger partial charge >= 0.3 is 5.97 Å². The van der Waals surface area contributed by atoms with Crippen LogP contribution in [-0.2, 0) is 11.3 Å². The van der Waals surface area contributed by atoms with Crippen LogP contribution in [0.3, 0.4) is 0 Å². The predicted molar refractivity (Wildman–Crippen MR) is 68.7 cm³/mol. The van der Waals surface area contributed by atoms with Gasteiger partial charge in [-0.3, -0.25) is 4.90 Å². The van der Waals surface area contributed by atoms with Crippen molar-refractivity contribution in [3.63, 3.8) is 0 Å². The van der Waals surface area contributed by atoms with Crippen LogP contribution in [0.1, 0.15) is 29.8 Å². The molecule has 0 spiro atoms. The van der Waals surface area contributed by atoms with Crippen molar-refractivity contribution >= 4 is 5.97 Å². The molecule has 4 nitrogen and oxygen atoms in total. The van der Waals surface area contributed by atoms with Gasteiger partial charge < -0.3 is 9.84 Å². The molecular weight excluding hydrogens is 249 g/mol. The lowest BCUT2D eigenvalue weighted by Crippen LogP contribution is -2.47. The van der Waals surface area contributed by atoms with E-state index in [0.717, 1.165) is 6.54 Å². The molecule has 0 aliphatic carbocycles. The van der Waals surface area contributed by atoms with Gasteiger partial charge in [0.05, 0.1) is 17.8 Å². The summed E-state index contributed by atoms with van der Waals surface area (Å²) < 4.78 is 19.3. The second kappa shape index (κ2) is 5.27. The topological polar surface area (TPSA) is 49.8 Å². The van der Waals surface area contributed by atoms with E-state index >= 15 is 0 Å². The van der Waals surface area contributed by atoms with Gasteiger partial charge in [0.2, 0.25) is 0 Å². The Morgan fingerprint density at radius 3 is 2.89 bits per heavy atom. The Balaban J connectivity index is 2.14. The van der Waals surface area contributed by atoms with Gasteiger partial charge in [-0.05, 0) is 32.0 Å². The average molecular weight is 267 g/mol. The van der Waals surface area contributed by atoms with E-state index in [9.17, 15) is 9.18 Å². The quantitative estimate of drug-likeness (QED) is 0.911. The number of ether oxygens (including phenoxy) is 1. The number of carboxylic acids is 1. The highest BCUT2D eigenvalue weighted by Gasteiger charge is 2.27. The molecule has 0 saturated carbocycles. The van der Waals surface area contributed by atoms with Crippen molar-refractivity contribution < 1.29 is 19.0 Å². The number of rotatable bonds is 3. The van der Waals surface area contributed by atoms with Gasteiger partial charge in [0.25, 0.3) is 0 Å². The molecule has 1 N–H and O–H groups in total. The summed E-state index contributed by atoms with van der Waals surface area (Å²) in [5, 5.41) is 8.93. The SMILES string of the molecule is CC1(C)CN(Cc2cc(C(=O)O)ccc2F)CCO1. The first-order valence-corrected chi connectivity index (χ1v) is 6.25. The fourth-order valence-corrected chi connectivity index (χ4v) is 2.32. The molecule has 1 aromatic carbocycles. The molecule has 104 valence electrons. The Hall–Kier alpha value is -1.46. The summed E-state index contributed by atoms with van der Waals surface area (Å²) in [5.41, 5.74) is 0.278. The average Bonchev–Trinajstić information content (AvgIpc) is 2.30. The zero-order chi connectivity index (χ0) is 14.0. The minimum Gasteiger partial charge on any atom is -0.478 e. The number of halogens is 1. The molecule has 1 heterocycles. The Bertz CT molecular complexity index is 488. The maximum Gasteiger partial charge on any atom is 0.335 e. The summed E-state index contributed by atoms with van der Waals surface area (Å²) in [7, 11) is 0. The third-order valence-corrected chi connectivity index (χ3v) is 3.19. The van der Waals surface area contributed by atoms with E-state index in [4.69, 9.17) is 9.84 Å². The van der Waals surface area contributed by atoms with Crippen molar-refractivity contribution in [2.45, 2.75) is 26.0 Å². The van der Waals surface area contributed by atoms with Crippen LogP contribution < -0.4 is 0 Å². The summed E-state index contributed by atoms with van der Waals surface area (Å²) in [4.78, 5) is 13.0. The Labute approximate surface area is 111 Å². The largest absolute Gasteiger partial charge is 0.478 e. The second-order valence-electron chi connectivity index (χ2n) is 5.43. The predicted octanol–water partition coefficient (Wildman–Crippen LogP) is 2.13. The van der Waals surface area contributed by atoms with Crippen molar-refractivity contribution in [3.05, 3.63) is 35.1 Å². The molecule has 0 unspecified atom stereocenters. The number of morpholine rings is 1. The molecule has 1 fully saturated rings. The van der Waals surface area contributed by atoms with Gasteiger partial charge in [-0.1, -0.05) is 0 Å². The molecule has 0 atom stereocenters. The van der Waals surface area contributed by atoms with Gasteiger partial charge in [-0.25, -0.2) is 9.18 Å². The molecule has 1 aliphatic rings. The summed E-state index contributed by atoms with van der Waals surface area (Å²) in [5.74, 6) is -1.40. The van der Waals surface area contributed by atoms with Crippen molar-refractivity contribution in [2.24, 2.45) is 0 Å². The number of nitrogens with zero attached hydrogens (tertiary/aromatic N) is 1. The molecule has 1 aromatic rings. The molecule has 0 amide bonds. The van der Waals surface area contributed by atoms with Crippen LogP contribution in [0.25, 0.3) is 0 Å². The summed E-state index contributed by atoms with van der Waals surface area (Å²) in [6.07, 6.45) is 0. The van der Waals surface area contributed by atoms with Crippen molar-refractivity contribution in [3.8, 4) is 0 Å². The van der Waals surface area contributed by atoms with E-state index < -0.39 is 5.97 Å². The molecule has 2 rings (SSSR count). The normalized spacial score (nSPS) is 19.3. The Morgan fingerprint density at radius 1 is 1.53 bits per heavy atom. The van der Waals surface area contributed by atoms with Gasteiger partial charge in [-0.15, -0.1) is 0 Å². The molecular formula is C14H18FNO3. The lowest BCUT2D eigenvalue weighted by Gasteiger charge is -2.38. The molecule has 5 heteroatoms. The Morgan fingerprint density at radius 2 is 2.26 bits per heavy atom. The zero-order valence-corrected chi connectivity index (χ0v) is 11.1. The highest BCUT2D eigenvalue weighted by molar-refractivity contribution is 5.87. The highest BCUT2D eigenvalue weighted by atomic mass is 19.1. The summed E-state index contributed by atoms with van der Waals surface area (Å²) >= 11 is 0. The first-order valence-electron chi connectivity index (χ1n) is 6.25. The molecule has 1 aliphatic heterocycles. The highest BCUT2D eigenvalue weighted by Crippen LogP contribution is 2.20. The van der Waals surface area contributed by atoms with E-state index in [1.165, 1.54) is 18.2 Å². The summed E-state index contributed by atoms with van der Waals surface area (Å²) in [6, 6.07) is 3.90. The molecule has 19 heavy (non-hydrogen) atoms. The van der Waals surface area contributed by atoms with Gasteiger partial charge in [0.1, 0.15) is 5.82 Å². The van der Waals surface area contributed by atoms with Crippen LogP contribution in [0.2, 0.25) is 0 Å². The minimum absolute atomic E-state index is 0.115. The number of aromatic carboxylic acids is 1. The number of benzene rings is 1. The van der Waals surface area contributed by atoms with E-state index in [1.807, 2.05) is 13.8 Å². The molecule has 0 aromatic heterocycles. The number of hydrogen-bond acceptors (Lipinski definition) is 3. The lowest BCUT2D eigenvalue weighted by molar-refractivity contribution is -0.0884. The molecule has 1 saturated heterocycles.